The lowest BCUT2D eigenvalue weighted by Gasteiger charge is -2.24. The average Bonchev–Trinajstić information content (AvgIpc) is 3.39. The van der Waals surface area contributed by atoms with E-state index in [9.17, 15) is 15.0 Å². The number of fused-ring (bicyclic) bond motifs is 2. The summed E-state index contributed by atoms with van der Waals surface area (Å²) < 4.78 is 16.7. The molecule has 2 aliphatic rings. The van der Waals surface area contributed by atoms with E-state index in [4.69, 9.17) is 14.2 Å². The highest BCUT2D eigenvalue weighted by Crippen LogP contribution is 2.54. The van der Waals surface area contributed by atoms with E-state index in [0.717, 1.165) is 22.3 Å². The second-order valence-corrected chi connectivity index (χ2v) is 7.67. The number of aliphatic carboxylic acids is 1. The van der Waals surface area contributed by atoms with Crippen molar-refractivity contribution in [3.8, 4) is 17.2 Å². The number of carboxylic acid groups (broad SMARTS) is 1. The Morgan fingerprint density at radius 2 is 1.58 bits per heavy atom. The Kier molecular flexibility index (Phi) is 5.00. The number of aliphatic hydroxyl groups is 1. The van der Waals surface area contributed by atoms with Crippen molar-refractivity contribution in [2.75, 3.05) is 20.0 Å². The van der Waals surface area contributed by atoms with Gasteiger partial charge in [0.25, 0.3) is 0 Å². The molecule has 1 heterocycles. The molecular weight excluding hydrogens is 396 g/mol. The first-order valence-corrected chi connectivity index (χ1v) is 10.2. The molecule has 0 radical (unpaired) electrons. The fourth-order valence-electron chi connectivity index (χ4n) is 4.82. The molecule has 3 aromatic carbocycles. The van der Waals surface area contributed by atoms with Gasteiger partial charge >= 0.3 is 5.97 Å². The summed E-state index contributed by atoms with van der Waals surface area (Å²) in [6, 6.07) is 21.0. The van der Waals surface area contributed by atoms with Crippen molar-refractivity contribution in [1.29, 1.82) is 0 Å². The number of rotatable bonds is 6. The third-order valence-electron chi connectivity index (χ3n) is 6.03. The molecule has 6 heteroatoms. The highest BCUT2D eigenvalue weighted by Gasteiger charge is 2.47. The van der Waals surface area contributed by atoms with Crippen molar-refractivity contribution >= 4 is 5.97 Å². The van der Waals surface area contributed by atoms with Gasteiger partial charge in [0.1, 0.15) is 12.4 Å². The lowest BCUT2D eigenvalue weighted by Crippen LogP contribution is -2.24. The highest BCUT2D eigenvalue weighted by molar-refractivity contribution is 5.78. The van der Waals surface area contributed by atoms with Crippen LogP contribution in [0, 0.1) is 5.92 Å². The Hall–Kier alpha value is -3.51. The van der Waals surface area contributed by atoms with E-state index >= 15 is 0 Å². The van der Waals surface area contributed by atoms with Crippen molar-refractivity contribution < 1.29 is 29.2 Å². The van der Waals surface area contributed by atoms with Gasteiger partial charge in [0.2, 0.25) is 6.79 Å². The maximum absolute atomic E-state index is 12.7. The lowest BCUT2D eigenvalue weighted by atomic mass is 9.79. The normalized spacial score (nSPS) is 21.0. The summed E-state index contributed by atoms with van der Waals surface area (Å²) in [6.45, 7) is 0.201. The zero-order valence-corrected chi connectivity index (χ0v) is 16.7. The number of hydrogen-bond acceptors (Lipinski definition) is 5. The Morgan fingerprint density at radius 3 is 2.32 bits per heavy atom. The molecule has 6 nitrogen and oxygen atoms in total. The van der Waals surface area contributed by atoms with Gasteiger partial charge in [-0.2, -0.15) is 0 Å². The molecule has 1 aliphatic carbocycles. The summed E-state index contributed by atoms with van der Waals surface area (Å²) in [7, 11) is 0. The van der Waals surface area contributed by atoms with Gasteiger partial charge in [0, 0.05) is 17.4 Å². The van der Waals surface area contributed by atoms with Crippen LogP contribution in [-0.2, 0) is 4.79 Å². The van der Waals surface area contributed by atoms with E-state index < -0.39 is 11.9 Å². The molecule has 158 valence electrons. The van der Waals surface area contributed by atoms with Crippen molar-refractivity contribution in [3.63, 3.8) is 0 Å². The van der Waals surface area contributed by atoms with Crippen LogP contribution in [0.5, 0.6) is 17.2 Å². The quantitative estimate of drug-likeness (QED) is 0.634. The van der Waals surface area contributed by atoms with Gasteiger partial charge in [-0.25, -0.2) is 0 Å². The molecule has 0 amide bonds. The van der Waals surface area contributed by atoms with E-state index in [1.807, 2.05) is 66.7 Å². The number of para-hydroxylation sites is 1. The topological polar surface area (TPSA) is 85.2 Å². The molecule has 3 aromatic rings. The summed E-state index contributed by atoms with van der Waals surface area (Å²) in [4.78, 5) is 12.7. The second kappa shape index (κ2) is 7.96. The minimum Gasteiger partial charge on any atom is -0.491 e. The van der Waals surface area contributed by atoms with Crippen LogP contribution in [0.25, 0.3) is 0 Å². The number of carboxylic acids is 1. The average molecular weight is 418 g/mol. The van der Waals surface area contributed by atoms with Gasteiger partial charge in [0.05, 0.1) is 12.5 Å². The van der Waals surface area contributed by atoms with Crippen molar-refractivity contribution in [2.24, 2.45) is 5.92 Å². The fraction of sp³-hybridized carbons (Fsp3) is 0.240. The number of ether oxygens (including phenoxy) is 3. The van der Waals surface area contributed by atoms with Gasteiger partial charge in [0.15, 0.2) is 11.5 Å². The molecule has 3 atom stereocenters. The van der Waals surface area contributed by atoms with Crippen LogP contribution in [0.2, 0.25) is 0 Å². The van der Waals surface area contributed by atoms with E-state index in [0.29, 0.717) is 17.2 Å². The molecule has 0 aromatic heterocycles. The van der Waals surface area contributed by atoms with Crippen LogP contribution in [0.4, 0.5) is 0 Å². The molecule has 0 saturated carbocycles. The summed E-state index contributed by atoms with van der Waals surface area (Å²) >= 11 is 0. The van der Waals surface area contributed by atoms with Crippen LogP contribution in [-0.4, -0.2) is 36.2 Å². The SMILES string of the molecule is O=C(O)[C@H]1[C@H](c2ccccc2OCCO)c2ccccc2[C@@H]1c1ccc2c(c1)OCO2. The van der Waals surface area contributed by atoms with Crippen molar-refractivity contribution in [1.82, 2.24) is 0 Å². The summed E-state index contributed by atoms with van der Waals surface area (Å²) in [5, 5.41) is 19.6. The zero-order valence-electron chi connectivity index (χ0n) is 16.7. The second-order valence-electron chi connectivity index (χ2n) is 7.67. The molecular formula is C25H22O6. The Balaban J connectivity index is 1.66. The van der Waals surface area contributed by atoms with Gasteiger partial charge in [-0.15, -0.1) is 0 Å². The van der Waals surface area contributed by atoms with E-state index in [2.05, 4.69) is 0 Å². The third-order valence-corrected chi connectivity index (χ3v) is 6.03. The van der Waals surface area contributed by atoms with Crippen LogP contribution in [0.3, 0.4) is 0 Å². The molecule has 0 unspecified atom stereocenters. The van der Waals surface area contributed by atoms with Gasteiger partial charge < -0.3 is 24.4 Å². The van der Waals surface area contributed by atoms with Crippen LogP contribution >= 0.6 is 0 Å². The monoisotopic (exact) mass is 418 g/mol. The third kappa shape index (κ3) is 3.29. The molecule has 5 rings (SSSR count). The standard InChI is InChI=1S/C25H22O6/c26-11-12-29-19-8-4-3-7-18(19)23-17-6-2-1-5-16(17)22(24(23)25(27)28)15-9-10-20-21(13-15)31-14-30-20/h1-10,13,22-24,26H,11-12,14H2,(H,27,28)/t22-,23-,24+/m0/s1. The molecule has 0 spiro atoms. The first kappa shape index (κ1) is 19.5. The molecule has 31 heavy (non-hydrogen) atoms. The maximum atomic E-state index is 12.7. The van der Waals surface area contributed by atoms with Gasteiger partial charge in [-0.05, 0) is 34.9 Å². The summed E-state index contributed by atoms with van der Waals surface area (Å²) in [6.07, 6.45) is 0. The van der Waals surface area contributed by atoms with Crippen LogP contribution in [0.1, 0.15) is 34.1 Å². The predicted octanol–water partition coefficient (Wildman–Crippen LogP) is 3.76. The molecule has 2 N–H and O–H groups in total. The van der Waals surface area contributed by atoms with Crippen molar-refractivity contribution in [2.45, 2.75) is 11.8 Å². The Morgan fingerprint density at radius 1 is 0.903 bits per heavy atom. The molecule has 0 saturated heterocycles. The van der Waals surface area contributed by atoms with Gasteiger partial charge in [-0.1, -0.05) is 48.5 Å². The number of carbonyl (C=O) groups is 1. The number of aliphatic hydroxyl groups excluding tert-OH is 1. The van der Waals surface area contributed by atoms with E-state index in [-0.39, 0.29) is 31.8 Å². The minimum absolute atomic E-state index is 0.113. The predicted molar refractivity (Wildman–Crippen MR) is 113 cm³/mol. The molecule has 0 fully saturated rings. The maximum Gasteiger partial charge on any atom is 0.308 e. The van der Waals surface area contributed by atoms with E-state index in [1.165, 1.54) is 0 Å². The Labute approximate surface area is 179 Å². The first-order valence-electron chi connectivity index (χ1n) is 10.2. The first-order chi connectivity index (χ1) is 15.2. The van der Waals surface area contributed by atoms with Crippen LogP contribution < -0.4 is 14.2 Å². The largest absolute Gasteiger partial charge is 0.491 e. The van der Waals surface area contributed by atoms with Crippen molar-refractivity contribution in [3.05, 3.63) is 89.0 Å². The number of hydrogen-bond donors (Lipinski definition) is 2. The number of benzene rings is 3. The van der Waals surface area contributed by atoms with E-state index in [1.54, 1.807) is 0 Å². The smallest absolute Gasteiger partial charge is 0.308 e. The fourth-order valence-corrected chi connectivity index (χ4v) is 4.82. The lowest BCUT2D eigenvalue weighted by molar-refractivity contribution is -0.142. The molecule has 1 aliphatic heterocycles. The minimum atomic E-state index is -0.874. The van der Waals surface area contributed by atoms with Gasteiger partial charge in [-0.3, -0.25) is 4.79 Å². The molecule has 0 bridgehead atoms. The van der Waals surface area contributed by atoms with Crippen LogP contribution in [0.15, 0.2) is 66.7 Å². The zero-order chi connectivity index (χ0) is 21.4. The summed E-state index contributed by atoms with van der Waals surface area (Å²) in [5.74, 6) is -0.444. The summed E-state index contributed by atoms with van der Waals surface area (Å²) in [5.41, 5.74) is 3.63. The highest BCUT2D eigenvalue weighted by atomic mass is 16.7. The Bertz CT molecular complexity index is 1120.